The van der Waals surface area contributed by atoms with Crippen molar-refractivity contribution in [3.8, 4) is 0 Å². The lowest BCUT2D eigenvalue weighted by Gasteiger charge is -2.20. The van der Waals surface area contributed by atoms with Gasteiger partial charge in [0.25, 0.3) is 0 Å². The number of alkyl halides is 3. The summed E-state index contributed by atoms with van der Waals surface area (Å²) < 4.78 is 43.4. The summed E-state index contributed by atoms with van der Waals surface area (Å²) in [6.45, 7) is 0.0910. The predicted molar refractivity (Wildman–Crippen MR) is 76.0 cm³/mol. The highest BCUT2D eigenvalue weighted by molar-refractivity contribution is 5.94. The molecule has 1 atom stereocenters. The smallest absolute Gasteiger partial charge is 0.382 e. The van der Waals surface area contributed by atoms with Gasteiger partial charge >= 0.3 is 6.18 Å². The van der Waals surface area contributed by atoms with E-state index in [1.807, 2.05) is 6.08 Å². The van der Waals surface area contributed by atoms with E-state index in [4.69, 9.17) is 4.74 Å². The van der Waals surface area contributed by atoms with Crippen LogP contribution >= 0.6 is 0 Å². The van der Waals surface area contributed by atoms with Crippen LogP contribution < -0.4 is 5.32 Å². The van der Waals surface area contributed by atoms with Crippen molar-refractivity contribution in [2.45, 2.75) is 18.6 Å². The van der Waals surface area contributed by atoms with Gasteiger partial charge < -0.3 is 10.1 Å². The summed E-state index contributed by atoms with van der Waals surface area (Å²) in [5.41, 5.74) is 0.187. The zero-order valence-electron chi connectivity index (χ0n) is 12.0. The van der Waals surface area contributed by atoms with Crippen LogP contribution in [0.1, 0.15) is 23.6 Å². The van der Waals surface area contributed by atoms with Gasteiger partial charge in [-0.3, -0.25) is 4.79 Å². The molecule has 2 rings (SSSR count). The molecule has 1 aromatic rings. The second kappa shape index (κ2) is 6.79. The number of hydrogen-bond acceptors (Lipinski definition) is 2. The third-order valence-electron chi connectivity index (χ3n) is 3.32. The number of methoxy groups -OCH3 is 1. The van der Waals surface area contributed by atoms with Crippen molar-refractivity contribution in [3.05, 3.63) is 59.2 Å². The van der Waals surface area contributed by atoms with Gasteiger partial charge in [0.1, 0.15) is 0 Å². The van der Waals surface area contributed by atoms with Gasteiger partial charge in [-0.2, -0.15) is 13.2 Å². The molecule has 0 fully saturated rings. The fourth-order valence-electron chi connectivity index (χ4n) is 2.19. The van der Waals surface area contributed by atoms with Crippen molar-refractivity contribution in [2.24, 2.45) is 0 Å². The second-order valence-corrected chi connectivity index (χ2v) is 4.93. The molecule has 1 aliphatic carbocycles. The first kappa shape index (κ1) is 16.3. The average Bonchev–Trinajstić information content (AvgIpc) is 3.00. The van der Waals surface area contributed by atoms with Gasteiger partial charge in [0, 0.05) is 12.7 Å². The van der Waals surface area contributed by atoms with Gasteiger partial charge in [-0.25, -0.2) is 0 Å². The lowest BCUT2D eigenvalue weighted by Crippen LogP contribution is -2.32. The molecule has 118 valence electrons. The van der Waals surface area contributed by atoms with Crippen LogP contribution in [0.2, 0.25) is 0 Å². The molecular formula is C16H16F3NO2. The predicted octanol–water partition coefficient (Wildman–Crippen LogP) is 3.40. The fraction of sp³-hybridized carbons (Fsp3) is 0.312. The van der Waals surface area contributed by atoms with Crippen molar-refractivity contribution in [1.29, 1.82) is 0 Å². The van der Waals surface area contributed by atoms with Crippen LogP contribution in [-0.4, -0.2) is 19.6 Å². The first-order valence-electron chi connectivity index (χ1n) is 6.74. The standard InChI is InChI=1S/C16H16F3NO2/c1-22-10-14(20-15(21)11-5-2-3-6-11)12-7-4-8-13(9-12)16(17,18)19/h2-5,7-9,14H,6,10H2,1H3,(H,20,21). The van der Waals surface area contributed by atoms with E-state index in [1.54, 1.807) is 18.2 Å². The molecule has 6 heteroatoms. The van der Waals surface area contributed by atoms with Crippen LogP contribution in [-0.2, 0) is 15.7 Å². The quantitative estimate of drug-likeness (QED) is 0.905. The maximum absolute atomic E-state index is 12.8. The van der Waals surface area contributed by atoms with E-state index in [0.29, 0.717) is 17.6 Å². The highest BCUT2D eigenvalue weighted by atomic mass is 19.4. The van der Waals surface area contributed by atoms with Gasteiger partial charge in [0.05, 0.1) is 18.2 Å². The molecule has 0 bridgehead atoms. The first-order valence-corrected chi connectivity index (χ1v) is 6.74. The maximum Gasteiger partial charge on any atom is 0.416 e. The molecule has 0 spiro atoms. The number of benzene rings is 1. The van der Waals surface area contributed by atoms with E-state index < -0.39 is 17.8 Å². The molecule has 0 aromatic heterocycles. The van der Waals surface area contributed by atoms with Gasteiger partial charge in [-0.05, 0) is 24.1 Å². The summed E-state index contributed by atoms with van der Waals surface area (Å²) in [7, 11) is 1.43. The Balaban J connectivity index is 2.18. The SMILES string of the molecule is COCC(NC(=O)C1=CC=CC1)c1cccc(C(F)(F)F)c1. The van der Waals surface area contributed by atoms with E-state index in [1.165, 1.54) is 13.2 Å². The minimum absolute atomic E-state index is 0.0910. The summed E-state index contributed by atoms with van der Waals surface area (Å²) in [4.78, 5) is 12.1. The molecule has 0 heterocycles. The molecule has 0 saturated carbocycles. The summed E-state index contributed by atoms with van der Waals surface area (Å²) in [6.07, 6.45) is 1.39. The Morgan fingerprint density at radius 2 is 2.18 bits per heavy atom. The third kappa shape index (κ3) is 3.98. The zero-order valence-corrected chi connectivity index (χ0v) is 12.0. The first-order chi connectivity index (χ1) is 10.4. The van der Waals surface area contributed by atoms with E-state index in [9.17, 15) is 18.0 Å². The average molecular weight is 311 g/mol. The van der Waals surface area contributed by atoms with Crippen LogP contribution in [0.5, 0.6) is 0 Å². The number of carbonyl (C=O) groups excluding carboxylic acids is 1. The minimum atomic E-state index is -4.42. The number of halogens is 3. The molecule has 1 amide bonds. The van der Waals surface area contributed by atoms with Crippen molar-refractivity contribution in [2.75, 3.05) is 13.7 Å². The monoisotopic (exact) mass is 311 g/mol. The number of carbonyl (C=O) groups is 1. The Bertz CT molecular complexity index is 606. The van der Waals surface area contributed by atoms with Gasteiger partial charge in [0.15, 0.2) is 0 Å². The van der Waals surface area contributed by atoms with Crippen molar-refractivity contribution in [3.63, 3.8) is 0 Å². The Hall–Kier alpha value is -2.08. The number of hydrogen-bond donors (Lipinski definition) is 1. The van der Waals surface area contributed by atoms with Crippen molar-refractivity contribution >= 4 is 5.91 Å². The molecule has 22 heavy (non-hydrogen) atoms. The molecule has 0 saturated heterocycles. The number of amides is 1. The van der Waals surface area contributed by atoms with Gasteiger partial charge in [0.2, 0.25) is 5.91 Å². The van der Waals surface area contributed by atoms with Gasteiger partial charge in [-0.1, -0.05) is 30.4 Å². The van der Waals surface area contributed by atoms with E-state index in [-0.39, 0.29) is 12.5 Å². The van der Waals surface area contributed by atoms with E-state index >= 15 is 0 Å². The highest BCUT2D eigenvalue weighted by Gasteiger charge is 2.31. The van der Waals surface area contributed by atoms with E-state index in [2.05, 4.69) is 5.32 Å². The highest BCUT2D eigenvalue weighted by Crippen LogP contribution is 2.31. The van der Waals surface area contributed by atoms with E-state index in [0.717, 1.165) is 12.1 Å². The summed E-state index contributed by atoms with van der Waals surface area (Å²) >= 11 is 0. The van der Waals surface area contributed by atoms with Crippen LogP contribution in [0.15, 0.2) is 48.1 Å². The number of ether oxygens (including phenoxy) is 1. The Morgan fingerprint density at radius 1 is 1.41 bits per heavy atom. The molecule has 1 aromatic carbocycles. The zero-order chi connectivity index (χ0) is 16.2. The molecule has 1 unspecified atom stereocenters. The second-order valence-electron chi connectivity index (χ2n) is 4.93. The Morgan fingerprint density at radius 3 is 2.77 bits per heavy atom. The molecule has 0 radical (unpaired) electrons. The largest absolute Gasteiger partial charge is 0.416 e. The number of rotatable bonds is 5. The van der Waals surface area contributed by atoms with Crippen LogP contribution in [0.3, 0.4) is 0 Å². The Labute approximate surface area is 126 Å². The molecular weight excluding hydrogens is 295 g/mol. The summed E-state index contributed by atoms with van der Waals surface area (Å²) in [5, 5.41) is 2.72. The molecule has 1 aliphatic rings. The van der Waals surface area contributed by atoms with Crippen LogP contribution in [0.4, 0.5) is 13.2 Å². The topological polar surface area (TPSA) is 38.3 Å². The van der Waals surface area contributed by atoms with Gasteiger partial charge in [-0.15, -0.1) is 0 Å². The maximum atomic E-state index is 12.8. The van der Waals surface area contributed by atoms with Crippen molar-refractivity contribution < 1.29 is 22.7 Å². The lowest BCUT2D eigenvalue weighted by atomic mass is 10.0. The summed E-state index contributed by atoms with van der Waals surface area (Å²) in [6, 6.07) is 4.26. The minimum Gasteiger partial charge on any atom is -0.382 e. The molecule has 3 nitrogen and oxygen atoms in total. The normalized spacial score (nSPS) is 15.5. The number of allylic oxidation sites excluding steroid dienone is 3. The Kier molecular flexibility index (Phi) is 5.03. The van der Waals surface area contributed by atoms with Crippen molar-refractivity contribution in [1.82, 2.24) is 5.32 Å². The fourth-order valence-corrected chi connectivity index (χ4v) is 2.19. The third-order valence-corrected chi connectivity index (χ3v) is 3.32. The lowest BCUT2D eigenvalue weighted by molar-refractivity contribution is -0.137. The van der Waals surface area contributed by atoms with Crippen LogP contribution in [0, 0.1) is 0 Å². The summed E-state index contributed by atoms with van der Waals surface area (Å²) in [5.74, 6) is -0.301. The molecule has 1 N–H and O–H groups in total. The molecule has 0 aliphatic heterocycles. The van der Waals surface area contributed by atoms with Crippen LogP contribution in [0.25, 0.3) is 0 Å². The number of nitrogens with one attached hydrogen (secondary N) is 1.